The van der Waals surface area contributed by atoms with Crippen LogP contribution in [0.3, 0.4) is 0 Å². The molecule has 0 saturated heterocycles. The molecule has 7 heteroatoms. The number of H-pyrrole nitrogens is 1. The highest BCUT2D eigenvalue weighted by molar-refractivity contribution is 7.86. The van der Waals surface area contributed by atoms with Crippen molar-refractivity contribution in [1.82, 2.24) is 10.2 Å². The lowest BCUT2D eigenvalue weighted by Gasteiger charge is -2.20. The van der Waals surface area contributed by atoms with Crippen LogP contribution >= 0.6 is 0 Å². The summed E-state index contributed by atoms with van der Waals surface area (Å²) in [5, 5.41) is 11.0. The first kappa shape index (κ1) is 15.7. The molecule has 4 rings (SSSR count). The van der Waals surface area contributed by atoms with Gasteiger partial charge < -0.3 is 14.8 Å². The average molecular weight is 346 g/mol. The number of anilines is 3. The van der Waals surface area contributed by atoms with Crippen LogP contribution in [0.25, 0.3) is 0 Å². The lowest BCUT2D eigenvalue weighted by Crippen LogP contribution is -2.18. The van der Waals surface area contributed by atoms with Crippen LogP contribution in [0.5, 0.6) is 0 Å². The van der Waals surface area contributed by atoms with Crippen LogP contribution in [0, 0.1) is 0 Å². The van der Waals surface area contributed by atoms with Crippen molar-refractivity contribution in [2.24, 2.45) is 0 Å². The van der Waals surface area contributed by atoms with Crippen LogP contribution in [0.1, 0.15) is 36.4 Å². The van der Waals surface area contributed by atoms with Crippen molar-refractivity contribution >= 4 is 28.2 Å². The molecule has 0 radical (unpaired) electrons. The van der Waals surface area contributed by atoms with E-state index in [9.17, 15) is 4.21 Å². The Bertz CT molecular complexity index is 761. The topological polar surface area (TPSA) is 79.0 Å². The van der Waals surface area contributed by atoms with Gasteiger partial charge in [-0.25, -0.2) is 4.21 Å². The highest BCUT2D eigenvalue weighted by atomic mass is 32.2. The number of fused-ring (bicyclic) bond motifs is 1. The molecule has 1 fully saturated rings. The quantitative estimate of drug-likeness (QED) is 0.795. The van der Waals surface area contributed by atoms with E-state index in [0.29, 0.717) is 17.8 Å². The van der Waals surface area contributed by atoms with Gasteiger partial charge in [0.1, 0.15) is 11.0 Å². The van der Waals surface area contributed by atoms with Gasteiger partial charge >= 0.3 is 0 Å². The smallest absolute Gasteiger partial charge is 0.152 e. The van der Waals surface area contributed by atoms with E-state index >= 15 is 0 Å². The van der Waals surface area contributed by atoms with Crippen molar-refractivity contribution in [3.8, 4) is 0 Å². The minimum absolute atomic E-state index is 0.364. The maximum atomic E-state index is 11.6. The summed E-state index contributed by atoms with van der Waals surface area (Å²) >= 11 is 0. The number of aromatic amines is 1. The number of benzene rings is 1. The molecule has 3 N–H and O–H groups in total. The van der Waals surface area contributed by atoms with Gasteiger partial charge in [-0.15, -0.1) is 0 Å². The number of ether oxygens (including phenoxy) is 1. The second-order valence-corrected chi connectivity index (χ2v) is 7.74. The van der Waals surface area contributed by atoms with Crippen LogP contribution in [0.15, 0.2) is 24.3 Å². The van der Waals surface area contributed by atoms with Gasteiger partial charge in [-0.05, 0) is 37.8 Å². The molecule has 1 saturated carbocycles. The monoisotopic (exact) mass is 346 g/mol. The van der Waals surface area contributed by atoms with Gasteiger partial charge in [0.15, 0.2) is 5.82 Å². The average Bonchev–Trinajstić information content (AvgIpc) is 3.23. The minimum Gasteiger partial charge on any atom is -0.381 e. The number of nitrogens with one attached hydrogen (secondary N) is 3. The summed E-state index contributed by atoms with van der Waals surface area (Å²) in [6, 6.07) is 8.07. The van der Waals surface area contributed by atoms with E-state index < -0.39 is 11.0 Å². The number of nitrogens with zero attached hydrogens (tertiary/aromatic N) is 1. The molecule has 1 aromatic heterocycles. The van der Waals surface area contributed by atoms with Crippen molar-refractivity contribution in [1.29, 1.82) is 0 Å². The first-order chi connectivity index (χ1) is 11.7. The summed E-state index contributed by atoms with van der Waals surface area (Å²) < 4.78 is 20.1. The predicted molar refractivity (Wildman–Crippen MR) is 96.0 cm³/mol. The third-order valence-corrected chi connectivity index (χ3v) is 5.98. The summed E-state index contributed by atoms with van der Waals surface area (Å²) in [4.78, 5) is 0. The van der Waals surface area contributed by atoms with E-state index in [0.717, 1.165) is 42.9 Å². The summed E-state index contributed by atoms with van der Waals surface area (Å²) in [7, 11) is 0.814. The van der Waals surface area contributed by atoms with Gasteiger partial charge in [-0.1, -0.05) is 6.07 Å². The van der Waals surface area contributed by atoms with Crippen molar-refractivity contribution < 1.29 is 8.95 Å². The maximum absolute atomic E-state index is 11.6. The number of hydrogen-bond donors (Lipinski definition) is 3. The third kappa shape index (κ3) is 3.06. The standard InChI is InChI=1S/C17H22N4O2S/c1-23-12-6-5-11(9-12)16-10-17(20-19-16)18-14-3-2-4-15-13(14)7-8-24(22)21-15/h2-4,10-12,21H,5-9H2,1H3,(H2,18,19,20). The van der Waals surface area contributed by atoms with Crippen LogP contribution in [0.4, 0.5) is 17.2 Å². The molecule has 1 aliphatic heterocycles. The Balaban J connectivity index is 1.51. The zero-order valence-corrected chi connectivity index (χ0v) is 14.5. The first-order valence-corrected chi connectivity index (χ1v) is 9.67. The zero-order chi connectivity index (χ0) is 16.5. The molecule has 6 nitrogen and oxygen atoms in total. The number of hydrogen-bond acceptors (Lipinski definition) is 4. The molecule has 2 aliphatic rings. The van der Waals surface area contributed by atoms with E-state index in [1.165, 1.54) is 11.3 Å². The second kappa shape index (κ2) is 6.57. The number of rotatable bonds is 4. The van der Waals surface area contributed by atoms with Crippen LogP contribution < -0.4 is 10.0 Å². The molecule has 3 unspecified atom stereocenters. The van der Waals surface area contributed by atoms with E-state index in [2.05, 4.69) is 26.3 Å². The summed E-state index contributed by atoms with van der Waals surface area (Å²) in [5.74, 6) is 1.95. The molecule has 2 aromatic rings. The maximum Gasteiger partial charge on any atom is 0.152 e. The van der Waals surface area contributed by atoms with E-state index in [-0.39, 0.29) is 0 Å². The number of methoxy groups -OCH3 is 1. The van der Waals surface area contributed by atoms with Gasteiger partial charge in [0.2, 0.25) is 0 Å². The third-order valence-electron chi connectivity index (χ3n) is 4.96. The van der Waals surface area contributed by atoms with Gasteiger partial charge in [0.05, 0.1) is 11.8 Å². The molecule has 3 atom stereocenters. The first-order valence-electron chi connectivity index (χ1n) is 8.35. The highest BCUT2D eigenvalue weighted by Crippen LogP contribution is 2.36. The van der Waals surface area contributed by atoms with E-state index in [4.69, 9.17) is 4.74 Å². The molecule has 0 amide bonds. The van der Waals surface area contributed by atoms with E-state index in [1.807, 2.05) is 18.2 Å². The molecule has 0 spiro atoms. The van der Waals surface area contributed by atoms with Gasteiger partial charge in [0.25, 0.3) is 0 Å². The van der Waals surface area contributed by atoms with Gasteiger partial charge in [-0.3, -0.25) is 5.10 Å². The van der Waals surface area contributed by atoms with Crippen LogP contribution in [-0.4, -0.2) is 33.4 Å². The number of aromatic nitrogens is 2. The fourth-order valence-corrected chi connectivity index (χ4v) is 4.55. The van der Waals surface area contributed by atoms with Gasteiger partial charge in [-0.2, -0.15) is 5.10 Å². The highest BCUT2D eigenvalue weighted by Gasteiger charge is 2.27. The largest absolute Gasteiger partial charge is 0.381 e. The van der Waals surface area contributed by atoms with Crippen molar-refractivity contribution in [3.63, 3.8) is 0 Å². The van der Waals surface area contributed by atoms with Crippen molar-refractivity contribution in [2.45, 2.75) is 37.7 Å². The Morgan fingerprint density at radius 3 is 3.12 bits per heavy atom. The SMILES string of the molecule is COC1CCC(c2cc(Nc3cccc4c3CCS(=O)N4)n[nH]2)C1. The van der Waals surface area contributed by atoms with Crippen molar-refractivity contribution in [2.75, 3.05) is 22.9 Å². The molecule has 2 heterocycles. The lowest BCUT2D eigenvalue weighted by molar-refractivity contribution is 0.108. The van der Waals surface area contributed by atoms with Crippen LogP contribution in [-0.2, 0) is 22.1 Å². The van der Waals surface area contributed by atoms with E-state index in [1.54, 1.807) is 7.11 Å². The normalized spacial score (nSPS) is 26.0. The predicted octanol–water partition coefficient (Wildman–Crippen LogP) is 3.07. The molecular weight excluding hydrogens is 324 g/mol. The Morgan fingerprint density at radius 2 is 2.29 bits per heavy atom. The Morgan fingerprint density at radius 1 is 1.38 bits per heavy atom. The minimum atomic E-state index is -0.970. The fourth-order valence-electron chi connectivity index (χ4n) is 3.62. The Kier molecular flexibility index (Phi) is 4.28. The van der Waals surface area contributed by atoms with Gasteiger partial charge in [0, 0.05) is 41.8 Å². The zero-order valence-electron chi connectivity index (χ0n) is 13.7. The lowest BCUT2D eigenvalue weighted by atomic mass is 10.0. The summed E-state index contributed by atoms with van der Waals surface area (Å²) in [6.07, 6.45) is 4.46. The molecular formula is C17H22N4O2S. The Hall–Kier alpha value is -1.86. The Labute approximate surface area is 144 Å². The fraction of sp³-hybridized carbons (Fsp3) is 0.471. The molecule has 1 aliphatic carbocycles. The molecule has 1 aromatic carbocycles. The van der Waals surface area contributed by atoms with Crippen LogP contribution in [0.2, 0.25) is 0 Å². The second-order valence-electron chi connectivity index (χ2n) is 6.43. The van der Waals surface area contributed by atoms with Crippen molar-refractivity contribution in [3.05, 3.63) is 35.5 Å². The molecule has 24 heavy (non-hydrogen) atoms. The molecule has 128 valence electrons. The molecule has 0 bridgehead atoms. The summed E-state index contributed by atoms with van der Waals surface area (Å²) in [6.45, 7) is 0. The summed E-state index contributed by atoms with van der Waals surface area (Å²) in [5.41, 5.74) is 4.30.